The van der Waals surface area contributed by atoms with Gasteiger partial charge in [-0.15, -0.1) is 0 Å². The van der Waals surface area contributed by atoms with Crippen LogP contribution in [0.3, 0.4) is 0 Å². The molecule has 1 atom stereocenters. The molecule has 0 aliphatic heterocycles. The first-order valence-electron chi connectivity index (χ1n) is 27.8. The minimum Gasteiger partial charge on any atom is -0.310 e. The summed E-state index contributed by atoms with van der Waals surface area (Å²) in [7, 11) is 0. The molecule has 1 heteroatoms. The maximum atomic E-state index is 2.54. The Morgan fingerprint density at radius 2 is 0.987 bits per heavy atom. The zero-order valence-corrected chi connectivity index (χ0v) is 43.4. The van der Waals surface area contributed by atoms with E-state index in [4.69, 9.17) is 0 Å². The second-order valence-corrected chi connectivity index (χ2v) is 21.8. The Bertz CT molecular complexity index is 3960. The SMILES string of the molecule is CCC1(CC)c2cc(/C=C/c3cccc4c3C3=C(C=CCC3)C4(C3=CC=CCC3)c3ccccc3)ccc2-c2ccc(N(c3ccccc3)c3ccc4c(c3)C3(c5ccccc5-c5ccccc53)c3ccccc3-4)cc21. The molecule has 6 aliphatic rings. The number of anilines is 3. The second-order valence-electron chi connectivity index (χ2n) is 21.8. The molecule has 15 rings (SSSR count). The summed E-state index contributed by atoms with van der Waals surface area (Å²) >= 11 is 0. The molecule has 1 spiro atoms. The van der Waals surface area contributed by atoms with Crippen molar-refractivity contribution in [3.8, 4) is 33.4 Å². The molecule has 0 aromatic heterocycles. The lowest BCUT2D eigenvalue weighted by Crippen LogP contribution is -2.31. The summed E-state index contributed by atoms with van der Waals surface area (Å²) in [6.07, 6.45) is 23.0. The van der Waals surface area contributed by atoms with Gasteiger partial charge in [0.1, 0.15) is 0 Å². The predicted octanol–water partition coefficient (Wildman–Crippen LogP) is 19.4. The average Bonchev–Trinajstić information content (AvgIpc) is 4.36. The molecule has 6 aliphatic carbocycles. The van der Waals surface area contributed by atoms with E-state index < -0.39 is 5.41 Å². The lowest BCUT2D eigenvalue weighted by atomic mass is 9.64. The van der Waals surface area contributed by atoms with E-state index in [2.05, 4.69) is 268 Å². The summed E-state index contributed by atoms with van der Waals surface area (Å²) in [6.45, 7) is 4.80. The molecule has 0 N–H and O–H groups in total. The van der Waals surface area contributed by atoms with E-state index in [1.165, 1.54) is 117 Å². The summed E-state index contributed by atoms with van der Waals surface area (Å²) < 4.78 is 0. The Labute approximate surface area is 448 Å². The predicted molar refractivity (Wildman–Crippen MR) is 319 cm³/mol. The Morgan fingerprint density at radius 3 is 1.63 bits per heavy atom. The van der Waals surface area contributed by atoms with Crippen molar-refractivity contribution in [2.45, 2.75) is 68.6 Å². The van der Waals surface area contributed by atoms with Crippen molar-refractivity contribution in [3.05, 3.63) is 309 Å². The van der Waals surface area contributed by atoms with Crippen molar-refractivity contribution in [3.63, 3.8) is 0 Å². The van der Waals surface area contributed by atoms with Crippen LogP contribution in [0.4, 0.5) is 17.1 Å². The summed E-state index contributed by atoms with van der Waals surface area (Å²) in [5.41, 5.74) is 30.2. The fraction of sp³-hybridized carbons (Fsp3) is 0.147. The monoisotopic (exact) mass is 973 g/mol. The summed E-state index contributed by atoms with van der Waals surface area (Å²) in [5.74, 6) is 0. The zero-order chi connectivity index (χ0) is 50.6. The topological polar surface area (TPSA) is 3.24 Å². The van der Waals surface area contributed by atoms with Gasteiger partial charge < -0.3 is 4.90 Å². The number of allylic oxidation sites excluding steroid dienone is 8. The highest BCUT2D eigenvalue weighted by molar-refractivity contribution is 5.97. The number of hydrogen-bond donors (Lipinski definition) is 0. The molecular formula is C75H59N. The van der Waals surface area contributed by atoms with Crippen LogP contribution >= 0.6 is 0 Å². The standard InChI is InChI=1S/C75H59N/c1-3-73(4-2)69-47-50(39-41-51-23-22-38-68-72(51)63-33-17-21-37-67(63)74(68,52-24-8-5-9-25-52)53-26-10-6-11-27-53)40-44-60(69)61-45-42-55(48-70(61)73)76(54-28-12-7-13-29-54)56-43-46-62-59-32-16-20-36-66(59)75(71(62)49-56)64-34-18-14-30-57(64)58-31-15-19-35-65(58)75/h5-10,12-16,18-26,28-32,34-49H,3-4,11,17,27,33H2,1-2H3/b41-39+. The average molecular weight is 974 g/mol. The molecule has 0 amide bonds. The minimum atomic E-state index is -0.423. The van der Waals surface area contributed by atoms with Crippen LogP contribution in [0.5, 0.6) is 0 Å². The van der Waals surface area contributed by atoms with Gasteiger partial charge in [-0.25, -0.2) is 0 Å². The van der Waals surface area contributed by atoms with Gasteiger partial charge in [0.05, 0.1) is 10.8 Å². The molecular weight excluding hydrogens is 915 g/mol. The van der Waals surface area contributed by atoms with E-state index in [-0.39, 0.29) is 10.8 Å². The number of fused-ring (bicyclic) bond motifs is 15. The number of para-hydroxylation sites is 1. The Morgan fingerprint density at radius 1 is 0.434 bits per heavy atom. The van der Waals surface area contributed by atoms with Gasteiger partial charge in [0, 0.05) is 22.5 Å². The van der Waals surface area contributed by atoms with Crippen molar-refractivity contribution in [1.29, 1.82) is 0 Å². The van der Waals surface area contributed by atoms with Crippen molar-refractivity contribution in [2.24, 2.45) is 0 Å². The van der Waals surface area contributed by atoms with Crippen molar-refractivity contribution in [1.82, 2.24) is 0 Å². The molecule has 0 radical (unpaired) electrons. The minimum absolute atomic E-state index is 0.145. The van der Waals surface area contributed by atoms with E-state index in [0.29, 0.717) is 0 Å². The van der Waals surface area contributed by atoms with Crippen LogP contribution in [0.1, 0.15) is 114 Å². The van der Waals surface area contributed by atoms with Crippen LogP contribution in [-0.4, -0.2) is 0 Å². The third-order valence-corrected chi connectivity index (χ3v) is 18.6. The molecule has 1 unspecified atom stereocenters. The van der Waals surface area contributed by atoms with Crippen molar-refractivity contribution in [2.75, 3.05) is 4.90 Å². The van der Waals surface area contributed by atoms with Gasteiger partial charge in [0.15, 0.2) is 0 Å². The number of nitrogens with zero attached hydrogens (tertiary/aromatic N) is 1. The van der Waals surface area contributed by atoms with Gasteiger partial charge in [0.2, 0.25) is 0 Å². The quantitative estimate of drug-likeness (QED) is 0.130. The van der Waals surface area contributed by atoms with Gasteiger partial charge in [-0.2, -0.15) is 0 Å². The summed E-state index contributed by atoms with van der Waals surface area (Å²) in [4.78, 5) is 2.51. The van der Waals surface area contributed by atoms with Crippen LogP contribution in [0.25, 0.3) is 51.1 Å². The maximum absolute atomic E-state index is 2.54. The van der Waals surface area contributed by atoms with Gasteiger partial charge in [0.25, 0.3) is 0 Å². The Kier molecular flexibility index (Phi) is 10.2. The fourth-order valence-electron chi connectivity index (χ4n) is 15.4. The normalized spacial score (nSPS) is 18.2. The smallest absolute Gasteiger partial charge is 0.0726 e. The highest BCUT2D eigenvalue weighted by atomic mass is 15.1. The Balaban J connectivity index is 0.837. The van der Waals surface area contributed by atoms with Crippen LogP contribution in [-0.2, 0) is 16.2 Å². The molecule has 9 aromatic rings. The zero-order valence-electron chi connectivity index (χ0n) is 43.4. The van der Waals surface area contributed by atoms with E-state index in [1.807, 2.05) is 0 Å². The van der Waals surface area contributed by atoms with Gasteiger partial charge in [-0.1, -0.05) is 232 Å². The second kappa shape index (κ2) is 17.3. The Hall–Kier alpha value is -8.52. The van der Waals surface area contributed by atoms with Crippen LogP contribution < -0.4 is 4.90 Å². The van der Waals surface area contributed by atoms with Crippen molar-refractivity contribution >= 4 is 34.8 Å². The molecule has 76 heavy (non-hydrogen) atoms. The molecule has 0 fully saturated rings. The first-order chi connectivity index (χ1) is 37.6. The van der Waals surface area contributed by atoms with Gasteiger partial charge in [-0.05, 0) is 181 Å². The highest BCUT2D eigenvalue weighted by Gasteiger charge is 2.52. The third kappa shape index (κ3) is 6.09. The molecule has 9 aromatic carbocycles. The number of hydrogen-bond acceptors (Lipinski definition) is 1. The third-order valence-electron chi connectivity index (χ3n) is 18.6. The largest absolute Gasteiger partial charge is 0.310 e. The molecule has 364 valence electrons. The molecule has 0 saturated heterocycles. The molecule has 0 bridgehead atoms. The van der Waals surface area contributed by atoms with E-state index in [0.717, 1.165) is 49.9 Å². The summed E-state index contributed by atoms with van der Waals surface area (Å²) in [5, 5.41) is 0. The van der Waals surface area contributed by atoms with E-state index in [9.17, 15) is 0 Å². The van der Waals surface area contributed by atoms with Crippen molar-refractivity contribution < 1.29 is 0 Å². The lowest BCUT2D eigenvalue weighted by molar-refractivity contribution is 0.490. The maximum Gasteiger partial charge on any atom is 0.0726 e. The molecule has 0 saturated carbocycles. The fourth-order valence-corrected chi connectivity index (χ4v) is 15.4. The molecule has 1 nitrogen and oxygen atoms in total. The first-order valence-corrected chi connectivity index (χ1v) is 27.8. The van der Waals surface area contributed by atoms with Gasteiger partial charge >= 0.3 is 0 Å². The molecule has 0 heterocycles. The summed E-state index contributed by atoms with van der Waals surface area (Å²) in [6, 6.07) is 78.7. The van der Waals surface area contributed by atoms with Gasteiger partial charge in [-0.3, -0.25) is 0 Å². The number of benzene rings is 9. The van der Waals surface area contributed by atoms with Crippen LogP contribution in [0.15, 0.2) is 248 Å². The first kappa shape index (κ1) is 44.9. The number of rotatable bonds is 9. The van der Waals surface area contributed by atoms with E-state index >= 15 is 0 Å². The van der Waals surface area contributed by atoms with Crippen LogP contribution in [0.2, 0.25) is 0 Å². The van der Waals surface area contributed by atoms with E-state index in [1.54, 1.807) is 0 Å². The van der Waals surface area contributed by atoms with Crippen LogP contribution in [0, 0.1) is 0 Å². The highest BCUT2D eigenvalue weighted by Crippen LogP contribution is 2.64. The lowest BCUT2D eigenvalue weighted by Gasteiger charge is -2.38.